The lowest BCUT2D eigenvalue weighted by Crippen LogP contribution is -2.42. The van der Waals surface area contributed by atoms with Crippen molar-refractivity contribution in [1.82, 2.24) is 5.32 Å². The summed E-state index contributed by atoms with van der Waals surface area (Å²) in [6.07, 6.45) is 0. The van der Waals surface area contributed by atoms with Gasteiger partial charge in [0, 0.05) is 24.5 Å². The first-order chi connectivity index (χ1) is 7.01. The number of esters is 1. The fourth-order valence-electron chi connectivity index (χ4n) is 0.885. The Morgan fingerprint density at radius 2 is 2.13 bits per heavy atom. The van der Waals surface area contributed by atoms with Crippen molar-refractivity contribution >= 4 is 23.6 Å². The summed E-state index contributed by atoms with van der Waals surface area (Å²) >= 11 is 1.53. The summed E-state index contributed by atoms with van der Waals surface area (Å²) in [5.74, 6) is -0.196. The third kappa shape index (κ3) is 6.35. The van der Waals surface area contributed by atoms with Gasteiger partial charge in [-0.1, -0.05) is 6.92 Å². The molecule has 0 aromatic carbocycles. The lowest BCUT2D eigenvalue weighted by molar-refractivity contribution is -0.144. The zero-order valence-electron chi connectivity index (χ0n) is 9.28. The Labute approximate surface area is 94.1 Å². The topological polar surface area (TPSA) is 81.4 Å². The molecule has 0 bridgehead atoms. The molecular formula is C9H18N2O3S. The third-order valence-corrected chi connectivity index (χ3v) is 3.03. The largest absolute Gasteiger partial charge is 0.467 e. The average molecular weight is 234 g/mol. The van der Waals surface area contributed by atoms with E-state index in [-0.39, 0.29) is 11.2 Å². The number of nitrogens with two attached hydrogens (primary N) is 1. The molecule has 5 nitrogen and oxygen atoms in total. The van der Waals surface area contributed by atoms with Gasteiger partial charge in [0.1, 0.15) is 6.04 Å². The minimum atomic E-state index is -0.591. The van der Waals surface area contributed by atoms with Crippen molar-refractivity contribution in [1.29, 1.82) is 0 Å². The number of thioether (sulfide) groups is 1. The fraction of sp³-hybridized carbons (Fsp3) is 0.778. The second-order valence-electron chi connectivity index (χ2n) is 3.16. The molecule has 0 spiro atoms. The number of hydrogen-bond donors (Lipinski definition) is 2. The van der Waals surface area contributed by atoms with E-state index in [9.17, 15) is 9.59 Å². The molecule has 0 aliphatic carbocycles. The van der Waals surface area contributed by atoms with Crippen molar-refractivity contribution in [3.05, 3.63) is 0 Å². The monoisotopic (exact) mass is 234 g/mol. The van der Waals surface area contributed by atoms with Crippen LogP contribution in [0, 0.1) is 0 Å². The maximum atomic E-state index is 11.3. The van der Waals surface area contributed by atoms with E-state index in [2.05, 4.69) is 10.1 Å². The van der Waals surface area contributed by atoms with Crippen LogP contribution in [0.4, 0.5) is 0 Å². The maximum Gasteiger partial charge on any atom is 0.329 e. The van der Waals surface area contributed by atoms with Crippen molar-refractivity contribution in [2.45, 2.75) is 25.1 Å². The molecule has 0 aromatic heterocycles. The minimum Gasteiger partial charge on any atom is -0.467 e. The number of rotatable bonds is 6. The number of ether oxygens (including phenoxy) is 1. The summed E-state index contributed by atoms with van der Waals surface area (Å²) in [5.41, 5.74) is 5.44. The van der Waals surface area contributed by atoms with Crippen molar-refractivity contribution < 1.29 is 14.3 Å². The number of methoxy groups -OCH3 is 1. The Morgan fingerprint density at radius 1 is 1.53 bits per heavy atom. The molecule has 15 heavy (non-hydrogen) atoms. The first kappa shape index (κ1) is 14.2. The number of carbonyl (C=O) groups is 2. The second-order valence-corrected chi connectivity index (χ2v) is 4.63. The van der Waals surface area contributed by atoms with Crippen LogP contribution in [0.2, 0.25) is 0 Å². The molecule has 2 unspecified atom stereocenters. The highest BCUT2D eigenvalue weighted by Crippen LogP contribution is 2.11. The second kappa shape index (κ2) is 7.53. The van der Waals surface area contributed by atoms with Crippen molar-refractivity contribution in [3.8, 4) is 0 Å². The molecule has 0 heterocycles. The SMILES string of the molecule is COC(=O)C(CSC(C)CN)NC(C)=O. The van der Waals surface area contributed by atoms with Crippen LogP contribution in [0.1, 0.15) is 13.8 Å². The first-order valence-electron chi connectivity index (χ1n) is 4.67. The summed E-state index contributed by atoms with van der Waals surface area (Å²) < 4.78 is 4.58. The zero-order valence-corrected chi connectivity index (χ0v) is 10.1. The highest BCUT2D eigenvalue weighted by Gasteiger charge is 2.20. The Morgan fingerprint density at radius 3 is 2.53 bits per heavy atom. The van der Waals surface area contributed by atoms with Crippen LogP contribution in [0.5, 0.6) is 0 Å². The molecule has 0 aliphatic heterocycles. The summed E-state index contributed by atoms with van der Waals surface area (Å²) in [7, 11) is 1.30. The predicted molar refractivity (Wildman–Crippen MR) is 60.6 cm³/mol. The van der Waals surface area contributed by atoms with Crippen LogP contribution < -0.4 is 11.1 Å². The van der Waals surface area contributed by atoms with E-state index in [0.717, 1.165) is 0 Å². The van der Waals surface area contributed by atoms with Crippen molar-refractivity contribution in [2.24, 2.45) is 5.73 Å². The number of carbonyl (C=O) groups excluding carboxylic acids is 2. The number of amides is 1. The van der Waals surface area contributed by atoms with E-state index in [0.29, 0.717) is 12.3 Å². The van der Waals surface area contributed by atoms with Gasteiger partial charge in [-0.3, -0.25) is 4.79 Å². The van der Waals surface area contributed by atoms with Crippen LogP contribution in [-0.4, -0.2) is 42.6 Å². The standard InChI is InChI=1S/C9H18N2O3S/c1-6(4-10)15-5-8(9(13)14-3)11-7(2)12/h6,8H,4-5,10H2,1-3H3,(H,11,12). The molecule has 0 aromatic rings. The molecule has 3 N–H and O–H groups in total. The van der Waals surface area contributed by atoms with Gasteiger partial charge in [-0.2, -0.15) is 11.8 Å². The van der Waals surface area contributed by atoms with Gasteiger partial charge in [-0.05, 0) is 0 Å². The van der Waals surface area contributed by atoms with Crippen LogP contribution in [0.25, 0.3) is 0 Å². The molecule has 0 saturated carbocycles. The molecule has 0 fully saturated rings. The first-order valence-corrected chi connectivity index (χ1v) is 5.72. The molecule has 88 valence electrons. The van der Waals surface area contributed by atoms with Gasteiger partial charge in [-0.15, -0.1) is 0 Å². The Balaban J connectivity index is 4.12. The van der Waals surface area contributed by atoms with E-state index in [1.54, 1.807) is 0 Å². The lowest BCUT2D eigenvalue weighted by atomic mass is 10.3. The van der Waals surface area contributed by atoms with Gasteiger partial charge < -0.3 is 15.8 Å². The summed E-state index contributed by atoms with van der Waals surface area (Å²) in [5, 5.41) is 2.79. The molecule has 0 radical (unpaired) electrons. The molecule has 0 aliphatic rings. The van der Waals surface area contributed by atoms with Gasteiger partial charge in [0.25, 0.3) is 0 Å². The van der Waals surface area contributed by atoms with E-state index >= 15 is 0 Å². The summed E-state index contributed by atoms with van der Waals surface area (Å²) in [4.78, 5) is 22.1. The molecule has 0 rings (SSSR count). The van der Waals surface area contributed by atoms with Crippen LogP contribution >= 0.6 is 11.8 Å². The molecular weight excluding hydrogens is 216 g/mol. The Bertz CT molecular complexity index is 223. The molecule has 1 amide bonds. The van der Waals surface area contributed by atoms with Crippen LogP contribution in [-0.2, 0) is 14.3 Å². The normalized spacial score (nSPS) is 14.1. The highest BCUT2D eigenvalue weighted by molar-refractivity contribution is 8.00. The quantitative estimate of drug-likeness (QED) is 0.619. The summed E-state index contributed by atoms with van der Waals surface area (Å²) in [6.45, 7) is 3.87. The van der Waals surface area contributed by atoms with Crippen LogP contribution in [0.3, 0.4) is 0 Å². The predicted octanol–water partition coefficient (Wildman–Crippen LogP) is -0.255. The smallest absolute Gasteiger partial charge is 0.329 e. The highest BCUT2D eigenvalue weighted by atomic mass is 32.2. The third-order valence-electron chi connectivity index (χ3n) is 1.74. The molecule has 0 saturated heterocycles. The molecule has 6 heteroatoms. The Hall–Kier alpha value is -0.750. The van der Waals surface area contributed by atoms with Gasteiger partial charge >= 0.3 is 5.97 Å². The summed E-state index contributed by atoms with van der Waals surface area (Å²) in [6, 6.07) is -0.591. The minimum absolute atomic E-state index is 0.244. The molecule has 2 atom stereocenters. The van der Waals surface area contributed by atoms with Gasteiger partial charge in [0.15, 0.2) is 0 Å². The van der Waals surface area contributed by atoms with Crippen molar-refractivity contribution in [2.75, 3.05) is 19.4 Å². The Kier molecular flexibility index (Phi) is 7.15. The zero-order chi connectivity index (χ0) is 11.8. The van der Waals surface area contributed by atoms with E-state index in [1.807, 2.05) is 6.92 Å². The fourth-order valence-corrected chi connectivity index (χ4v) is 1.76. The van der Waals surface area contributed by atoms with Gasteiger partial charge in [0.05, 0.1) is 7.11 Å². The van der Waals surface area contributed by atoms with Crippen LogP contribution in [0.15, 0.2) is 0 Å². The van der Waals surface area contributed by atoms with Gasteiger partial charge in [0.2, 0.25) is 5.91 Å². The lowest BCUT2D eigenvalue weighted by Gasteiger charge is -2.16. The maximum absolute atomic E-state index is 11.3. The van der Waals surface area contributed by atoms with Crippen molar-refractivity contribution in [3.63, 3.8) is 0 Å². The van der Waals surface area contributed by atoms with E-state index in [4.69, 9.17) is 5.73 Å². The number of nitrogens with one attached hydrogen (secondary N) is 1. The number of hydrogen-bond acceptors (Lipinski definition) is 5. The van der Waals surface area contributed by atoms with E-state index < -0.39 is 12.0 Å². The average Bonchev–Trinajstić information content (AvgIpc) is 2.21. The van der Waals surface area contributed by atoms with E-state index in [1.165, 1.54) is 25.8 Å². The van der Waals surface area contributed by atoms with Gasteiger partial charge in [-0.25, -0.2) is 4.79 Å².